The summed E-state index contributed by atoms with van der Waals surface area (Å²) in [4.78, 5) is 25.7. The summed E-state index contributed by atoms with van der Waals surface area (Å²) in [7, 11) is 6.23. The van der Waals surface area contributed by atoms with Crippen molar-refractivity contribution in [1.82, 2.24) is 9.91 Å². The van der Waals surface area contributed by atoms with Crippen LogP contribution in [0.4, 0.5) is 0 Å². The molecule has 0 fully saturated rings. The molecule has 3 N–H and O–H groups in total. The summed E-state index contributed by atoms with van der Waals surface area (Å²) in [6, 6.07) is 13.8. The second kappa shape index (κ2) is 23.1. The first-order chi connectivity index (χ1) is 28.1. The number of hydrogen-bond donors (Lipinski definition) is 2. The first-order valence-electron chi connectivity index (χ1n) is 21.4. The minimum absolute atomic E-state index is 0. The van der Waals surface area contributed by atoms with Crippen LogP contribution in [0.15, 0.2) is 59.4 Å². The third-order valence-electron chi connectivity index (χ3n) is 11.6. The van der Waals surface area contributed by atoms with E-state index >= 15 is 0 Å². The van der Waals surface area contributed by atoms with Gasteiger partial charge in [-0.2, -0.15) is 23.6 Å². The van der Waals surface area contributed by atoms with E-state index in [0.29, 0.717) is 16.9 Å². The summed E-state index contributed by atoms with van der Waals surface area (Å²) in [5.74, 6) is 5.99. The number of nitrogens with two attached hydrogens (primary N) is 1. The number of carbonyl (C=O) groups is 1. The number of hydrazine groups is 1. The molecule has 0 aliphatic carbocycles. The van der Waals surface area contributed by atoms with Gasteiger partial charge in [0.2, 0.25) is 5.97 Å². The molecule has 0 saturated heterocycles. The molecule has 0 radical (unpaired) electrons. The maximum Gasteiger partial charge on any atom is 2.00 e. The Hall–Kier alpha value is -1.91. The zero-order valence-electron chi connectivity index (χ0n) is 37.7. The molecule has 0 amide bonds. The predicted octanol–water partition coefficient (Wildman–Crippen LogP) is 13.7. The summed E-state index contributed by atoms with van der Waals surface area (Å²) in [5.41, 5.74) is 4.99. The van der Waals surface area contributed by atoms with Crippen LogP contribution in [-0.4, -0.2) is 56.3 Å². The molecule has 4 aromatic rings. The number of thiophene rings is 4. The molecule has 1 aliphatic heterocycles. The van der Waals surface area contributed by atoms with Crippen molar-refractivity contribution in [1.29, 1.82) is 5.41 Å². The fourth-order valence-corrected chi connectivity index (χ4v) is 12.8. The van der Waals surface area contributed by atoms with E-state index < -0.39 is 5.97 Å². The number of hydrogen-bond acceptors (Lipinski definition) is 10. The van der Waals surface area contributed by atoms with Crippen LogP contribution in [0.2, 0.25) is 0 Å². The van der Waals surface area contributed by atoms with E-state index in [-0.39, 0.29) is 41.9 Å². The number of cyclic esters (lactones) is 1. The van der Waals surface area contributed by atoms with E-state index in [9.17, 15) is 4.79 Å². The molecular weight excluding hydrogens is 1040 g/mol. The Balaban J connectivity index is 0.00000794. The third kappa shape index (κ3) is 12.6. The quantitative estimate of drug-likeness (QED) is 0.0193. The molecule has 60 heavy (non-hydrogen) atoms. The van der Waals surface area contributed by atoms with Crippen LogP contribution < -0.4 is 5.84 Å². The van der Waals surface area contributed by atoms with Crippen LogP contribution in [-0.2, 0) is 27.8 Å². The normalized spacial score (nSPS) is 15.8. The standard InChI is InChI=1S/C49H66N4O2S4.U/c1-11-14-25-48(6,13-3)37(32-50)38-31-36(47(54)55-38)39-19-20-40(56-39)45-35(18-16-28-53(10)51)30-42(58-45)43-29-34(17-15-27-52(8)9)46(59-43)41-21-22-44(57-41)49(7,24-12-2)26-23-33(4)5;/h19-23,29-30,50H,11-18,24-28,51H2,1-10H3;/q-2;+2. The third-order valence-corrected chi connectivity index (χ3v) is 17.0. The summed E-state index contributed by atoms with van der Waals surface area (Å²) in [6.45, 7) is 17.4. The van der Waals surface area contributed by atoms with Crippen LogP contribution >= 0.6 is 45.3 Å². The van der Waals surface area contributed by atoms with Crippen molar-refractivity contribution in [2.75, 3.05) is 34.2 Å². The minimum atomic E-state index is -0.412. The number of nitrogens with zero attached hydrogens (tertiary/aromatic N) is 2. The van der Waals surface area contributed by atoms with Crippen LogP contribution in [0.5, 0.6) is 0 Å². The number of esters is 1. The second-order valence-corrected chi connectivity index (χ2v) is 21.6. The van der Waals surface area contributed by atoms with Crippen molar-refractivity contribution < 1.29 is 40.6 Å². The van der Waals surface area contributed by atoms with E-state index in [1.165, 1.54) is 52.4 Å². The smallest absolute Gasteiger partial charge is 0.580 e. The van der Waals surface area contributed by atoms with Gasteiger partial charge in [0.05, 0.1) is 0 Å². The van der Waals surface area contributed by atoms with E-state index in [4.69, 9.17) is 16.0 Å². The minimum Gasteiger partial charge on any atom is -0.580 e. The van der Waals surface area contributed by atoms with Gasteiger partial charge in [0.25, 0.3) is 0 Å². The molecular formula is C49H66N4O2S4U. The number of aryl methyl sites for hydroxylation is 2. The van der Waals surface area contributed by atoms with Gasteiger partial charge in [-0.15, -0.1) is 39.8 Å². The van der Waals surface area contributed by atoms with Crippen LogP contribution in [0, 0.1) is 48.0 Å². The maximum absolute atomic E-state index is 13.4. The summed E-state index contributed by atoms with van der Waals surface area (Å²) >= 11 is 7.38. The molecule has 1 aliphatic rings. The molecule has 322 valence electrons. The Kier molecular flexibility index (Phi) is 19.6. The van der Waals surface area contributed by atoms with Gasteiger partial charge in [-0.05, 0) is 113 Å². The first-order valence-corrected chi connectivity index (χ1v) is 24.7. The molecule has 0 aromatic carbocycles. The summed E-state index contributed by atoms with van der Waals surface area (Å²) in [5, 5.41) is 9.93. The monoisotopic (exact) mass is 1110 g/mol. The van der Waals surface area contributed by atoms with Crippen molar-refractivity contribution in [3.8, 4) is 29.3 Å². The van der Waals surface area contributed by atoms with Crippen molar-refractivity contribution in [3.63, 3.8) is 0 Å². The molecule has 0 spiro atoms. The number of unbranched alkanes of at least 4 members (excludes halogenated alkanes) is 1. The number of rotatable bonds is 23. The van der Waals surface area contributed by atoms with Gasteiger partial charge >= 0.3 is 31.1 Å². The summed E-state index contributed by atoms with van der Waals surface area (Å²) < 4.78 is 5.83. The number of allylic oxidation sites excluding steroid dienone is 4. The van der Waals surface area contributed by atoms with Crippen molar-refractivity contribution in [3.05, 3.63) is 86.3 Å². The van der Waals surface area contributed by atoms with Gasteiger partial charge in [0.1, 0.15) is 0 Å². The molecule has 0 saturated carbocycles. The SMILES string of the molecule is CCCCC(C)(CC)C([C-]=N)=C1[C-]=C(c2ccc(-c3sc(-c4cc(CCCN(C)C)c(-c5ccc(C(C)(CC=C(C)C)CCC)s5)s4)cc3CCCN(C)N)s2)C(=O)O1.[U+2]. The van der Waals surface area contributed by atoms with E-state index in [2.05, 4.69) is 116 Å². The van der Waals surface area contributed by atoms with Gasteiger partial charge in [0, 0.05) is 53.1 Å². The Morgan fingerprint density at radius 3 is 1.98 bits per heavy atom. The predicted molar refractivity (Wildman–Crippen MR) is 258 cm³/mol. The number of ether oxygens (including phenoxy) is 1. The van der Waals surface area contributed by atoms with Crippen LogP contribution in [0.1, 0.15) is 127 Å². The molecule has 5 rings (SSSR count). The number of carbonyl (C=O) groups excluding carboxylic acids is 1. The molecule has 2 atom stereocenters. The molecule has 6 nitrogen and oxygen atoms in total. The summed E-state index contributed by atoms with van der Waals surface area (Å²) in [6.07, 6.45) is 19.5. The van der Waals surface area contributed by atoms with Gasteiger partial charge in [-0.25, -0.2) is 5.57 Å². The molecule has 0 bridgehead atoms. The van der Waals surface area contributed by atoms with Gasteiger partial charge in [-0.1, -0.05) is 101 Å². The van der Waals surface area contributed by atoms with Gasteiger partial charge in [-0.3, -0.25) is 10.9 Å². The van der Waals surface area contributed by atoms with Crippen molar-refractivity contribution >= 4 is 63.1 Å². The molecule has 11 heteroatoms. The first kappa shape index (κ1) is 50.7. The average Bonchev–Trinajstić information content (AvgIpc) is 4.04. The topological polar surface area (TPSA) is 82.7 Å². The molecule has 5 heterocycles. The van der Waals surface area contributed by atoms with Crippen molar-refractivity contribution in [2.24, 2.45) is 11.3 Å². The van der Waals surface area contributed by atoms with Crippen LogP contribution in [0.25, 0.3) is 34.8 Å². The van der Waals surface area contributed by atoms with Crippen molar-refractivity contribution in [2.45, 2.75) is 125 Å². The molecule has 4 aromatic heterocycles. The Labute approximate surface area is 401 Å². The van der Waals surface area contributed by atoms with Crippen LogP contribution in [0.3, 0.4) is 0 Å². The van der Waals surface area contributed by atoms with E-state index in [0.717, 1.165) is 87.1 Å². The number of nitrogens with one attached hydrogen (secondary N) is 1. The fraction of sp³-hybridized carbons (Fsp3) is 0.510. The van der Waals surface area contributed by atoms with E-state index in [1.54, 1.807) is 16.3 Å². The second-order valence-electron chi connectivity index (χ2n) is 17.3. The largest absolute Gasteiger partial charge is 2.00 e. The fourth-order valence-electron chi connectivity index (χ4n) is 7.82. The zero-order chi connectivity index (χ0) is 42.9. The molecule has 2 unspecified atom stereocenters. The Bertz CT molecular complexity index is 2150. The Morgan fingerprint density at radius 1 is 0.833 bits per heavy atom. The average molecular weight is 1110 g/mol. The zero-order valence-corrected chi connectivity index (χ0v) is 45.1. The van der Waals surface area contributed by atoms with Gasteiger partial charge in [0.15, 0.2) is 0 Å². The maximum atomic E-state index is 13.4. The Morgan fingerprint density at radius 2 is 1.43 bits per heavy atom. The van der Waals surface area contributed by atoms with E-state index in [1.807, 2.05) is 47.1 Å². The van der Waals surface area contributed by atoms with Gasteiger partial charge < -0.3 is 19.8 Å².